The van der Waals surface area contributed by atoms with Crippen LogP contribution in [0.25, 0.3) is 0 Å². The molecule has 0 radical (unpaired) electrons. The summed E-state index contributed by atoms with van der Waals surface area (Å²) in [5.41, 5.74) is 0. The predicted octanol–water partition coefficient (Wildman–Crippen LogP) is 1.25. The van der Waals surface area contributed by atoms with Crippen LogP contribution in [0.3, 0.4) is 0 Å². The van der Waals surface area contributed by atoms with E-state index in [1.165, 1.54) is 12.8 Å². The number of ether oxygens (including phenoxy) is 1. The average Bonchev–Trinajstić information content (AvgIpc) is 3.17. The quantitative estimate of drug-likeness (QED) is 0.387. The van der Waals surface area contributed by atoms with E-state index < -0.39 is 0 Å². The Morgan fingerprint density at radius 3 is 3.05 bits per heavy atom. The van der Waals surface area contributed by atoms with Gasteiger partial charge in [-0.05, 0) is 38.2 Å². The lowest BCUT2D eigenvalue weighted by atomic mass is 10.4. The van der Waals surface area contributed by atoms with Crippen molar-refractivity contribution in [2.75, 3.05) is 32.8 Å². The number of rotatable bonds is 10. The molecule has 6 heteroatoms. The maximum atomic E-state index is 5.61. The van der Waals surface area contributed by atoms with E-state index in [2.05, 4.69) is 27.6 Å². The first-order chi connectivity index (χ1) is 10.4. The zero-order valence-electron chi connectivity index (χ0n) is 12.9. The molecule has 2 rings (SSSR count). The molecular formula is C15H27N5O. The van der Waals surface area contributed by atoms with E-state index in [4.69, 9.17) is 4.74 Å². The van der Waals surface area contributed by atoms with Crippen LogP contribution in [0.5, 0.6) is 0 Å². The highest BCUT2D eigenvalue weighted by atomic mass is 16.5. The Bertz CT molecular complexity index is 400. The van der Waals surface area contributed by atoms with Gasteiger partial charge in [-0.25, -0.2) is 0 Å². The molecule has 1 fully saturated rings. The first-order valence-corrected chi connectivity index (χ1v) is 7.96. The van der Waals surface area contributed by atoms with E-state index in [1.54, 1.807) is 6.20 Å². The minimum atomic E-state index is 0.793. The minimum absolute atomic E-state index is 0.793. The lowest BCUT2D eigenvalue weighted by Crippen LogP contribution is -2.39. The molecule has 1 aliphatic carbocycles. The molecule has 0 amide bonds. The van der Waals surface area contributed by atoms with Gasteiger partial charge in [-0.15, -0.1) is 0 Å². The van der Waals surface area contributed by atoms with Crippen molar-refractivity contribution in [3.63, 3.8) is 0 Å². The maximum Gasteiger partial charge on any atom is 0.191 e. The molecule has 1 heterocycles. The van der Waals surface area contributed by atoms with Crippen LogP contribution in [0.4, 0.5) is 0 Å². The van der Waals surface area contributed by atoms with E-state index in [1.807, 2.05) is 16.9 Å². The standard InChI is InChI=1S/C15H27N5O/c1-2-16-15(18-9-11-20-10-3-8-19-20)17-7-4-12-21-13-14-5-6-14/h3,8,10,14H,2,4-7,9,11-13H2,1H3,(H2,16,17,18). The molecule has 0 spiro atoms. The van der Waals surface area contributed by atoms with Crippen molar-refractivity contribution >= 4 is 5.96 Å². The van der Waals surface area contributed by atoms with Crippen LogP contribution in [0.1, 0.15) is 26.2 Å². The number of hydrogen-bond acceptors (Lipinski definition) is 3. The number of guanidine groups is 1. The summed E-state index contributed by atoms with van der Waals surface area (Å²) < 4.78 is 7.51. The molecule has 1 aromatic rings. The minimum Gasteiger partial charge on any atom is -0.381 e. The maximum absolute atomic E-state index is 5.61. The zero-order valence-corrected chi connectivity index (χ0v) is 12.9. The first kappa shape index (κ1) is 15.8. The van der Waals surface area contributed by atoms with Crippen LogP contribution in [-0.2, 0) is 11.3 Å². The molecule has 0 aromatic carbocycles. The van der Waals surface area contributed by atoms with Gasteiger partial charge in [0.15, 0.2) is 5.96 Å². The van der Waals surface area contributed by atoms with E-state index in [-0.39, 0.29) is 0 Å². The predicted molar refractivity (Wildman–Crippen MR) is 84.4 cm³/mol. The van der Waals surface area contributed by atoms with Gasteiger partial charge in [0, 0.05) is 45.2 Å². The van der Waals surface area contributed by atoms with Crippen LogP contribution in [0, 0.1) is 5.92 Å². The van der Waals surface area contributed by atoms with Crippen LogP contribution in [0.15, 0.2) is 23.5 Å². The third-order valence-electron chi connectivity index (χ3n) is 3.30. The Balaban J connectivity index is 1.56. The van der Waals surface area contributed by atoms with Gasteiger partial charge in [0.05, 0.1) is 6.54 Å². The van der Waals surface area contributed by atoms with Crippen molar-refractivity contribution in [3.8, 4) is 0 Å². The summed E-state index contributed by atoms with van der Waals surface area (Å²) in [6, 6.07) is 1.93. The molecule has 0 bridgehead atoms. The Hall–Kier alpha value is -1.56. The lowest BCUT2D eigenvalue weighted by molar-refractivity contribution is 0.123. The summed E-state index contributed by atoms with van der Waals surface area (Å²) in [4.78, 5) is 4.55. The summed E-state index contributed by atoms with van der Waals surface area (Å²) >= 11 is 0. The second-order valence-electron chi connectivity index (χ2n) is 5.33. The fourth-order valence-electron chi connectivity index (χ4n) is 1.96. The second kappa shape index (κ2) is 9.39. The van der Waals surface area contributed by atoms with Crippen LogP contribution in [0.2, 0.25) is 0 Å². The van der Waals surface area contributed by atoms with Gasteiger partial charge >= 0.3 is 0 Å². The Morgan fingerprint density at radius 2 is 2.33 bits per heavy atom. The van der Waals surface area contributed by atoms with Gasteiger partial charge in [-0.1, -0.05) is 0 Å². The van der Waals surface area contributed by atoms with Crippen molar-refractivity contribution in [2.24, 2.45) is 10.9 Å². The molecular weight excluding hydrogens is 266 g/mol. The van der Waals surface area contributed by atoms with E-state index in [0.717, 1.165) is 57.7 Å². The molecule has 6 nitrogen and oxygen atoms in total. The van der Waals surface area contributed by atoms with Gasteiger partial charge in [0.2, 0.25) is 0 Å². The van der Waals surface area contributed by atoms with Gasteiger partial charge in [0.1, 0.15) is 0 Å². The third-order valence-corrected chi connectivity index (χ3v) is 3.30. The highest BCUT2D eigenvalue weighted by molar-refractivity contribution is 5.79. The topological polar surface area (TPSA) is 63.5 Å². The van der Waals surface area contributed by atoms with Crippen molar-refractivity contribution in [1.82, 2.24) is 20.4 Å². The molecule has 0 atom stereocenters. The molecule has 0 saturated heterocycles. The molecule has 1 aliphatic rings. The van der Waals surface area contributed by atoms with Gasteiger partial charge in [0.25, 0.3) is 0 Å². The highest BCUT2D eigenvalue weighted by Gasteiger charge is 2.20. The lowest BCUT2D eigenvalue weighted by Gasteiger charge is -2.11. The van der Waals surface area contributed by atoms with Crippen molar-refractivity contribution < 1.29 is 4.74 Å². The molecule has 0 aliphatic heterocycles. The SMILES string of the molecule is CCNC(=NCCCOCC1CC1)NCCn1cccn1. The molecule has 2 N–H and O–H groups in total. The van der Waals surface area contributed by atoms with Crippen LogP contribution >= 0.6 is 0 Å². The number of nitrogens with one attached hydrogen (secondary N) is 2. The van der Waals surface area contributed by atoms with Crippen molar-refractivity contribution in [2.45, 2.75) is 32.7 Å². The number of aromatic nitrogens is 2. The number of aliphatic imine (C=N–C) groups is 1. The average molecular weight is 293 g/mol. The fraction of sp³-hybridized carbons (Fsp3) is 0.733. The smallest absolute Gasteiger partial charge is 0.191 e. The summed E-state index contributed by atoms with van der Waals surface area (Å²) in [6.45, 7) is 7.13. The molecule has 118 valence electrons. The molecule has 1 aromatic heterocycles. The van der Waals surface area contributed by atoms with E-state index in [9.17, 15) is 0 Å². The van der Waals surface area contributed by atoms with E-state index >= 15 is 0 Å². The largest absolute Gasteiger partial charge is 0.381 e. The summed E-state index contributed by atoms with van der Waals surface area (Å²) in [5.74, 6) is 1.71. The Morgan fingerprint density at radius 1 is 1.43 bits per heavy atom. The fourth-order valence-corrected chi connectivity index (χ4v) is 1.96. The van der Waals surface area contributed by atoms with Crippen LogP contribution in [-0.4, -0.2) is 48.6 Å². The zero-order chi connectivity index (χ0) is 14.8. The molecule has 1 saturated carbocycles. The Labute approximate surface area is 127 Å². The van der Waals surface area contributed by atoms with Crippen LogP contribution < -0.4 is 10.6 Å². The van der Waals surface area contributed by atoms with Gasteiger partial charge in [-0.2, -0.15) is 5.10 Å². The molecule has 0 unspecified atom stereocenters. The van der Waals surface area contributed by atoms with Crippen molar-refractivity contribution in [3.05, 3.63) is 18.5 Å². The highest BCUT2D eigenvalue weighted by Crippen LogP contribution is 2.28. The summed E-state index contributed by atoms with van der Waals surface area (Å²) in [7, 11) is 0. The second-order valence-corrected chi connectivity index (χ2v) is 5.33. The Kier molecular flexibility index (Phi) is 7.07. The first-order valence-electron chi connectivity index (χ1n) is 7.96. The summed E-state index contributed by atoms with van der Waals surface area (Å²) in [5, 5.41) is 10.7. The third kappa shape index (κ3) is 7.13. The monoisotopic (exact) mass is 293 g/mol. The summed E-state index contributed by atoms with van der Waals surface area (Å²) in [6.07, 6.45) is 7.43. The normalized spacial score (nSPS) is 15.2. The van der Waals surface area contributed by atoms with Gasteiger partial charge in [-0.3, -0.25) is 9.67 Å². The number of hydrogen-bond donors (Lipinski definition) is 2. The number of nitrogens with zero attached hydrogens (tertiary/aromatic N) is 3. The van der Waals surface area contributed by atoms with Crippen molar-refractivity contribution in [1.29, 1.82) is 0 Å². The van der Waals surface area contributed by atoms with Gasteiger partial charge < -0.3 is 15.4 Å². The molecule has 21 heavy (non-hydrogen) atoms. The van der Waals surface area contributed by atoms with E-state index in [0.29, 0.717) is 0 Å².